The number of fused-ring (bicyclic) bond motifs is 1. The van der Waals surface area contributed by atoms with Gasteiger partial charge in [0, 0.05) is 11.8 Å². The Bertz CT molecular complexity index is 1280. The third-order valence-electron chi connectivity index (χ3n) is 8.60. The average Bonchev–Trinajstić information content (AvgIpc) is 2.91. The minimum absolute atomic E-state index is 0.0159. The van der Waals surface area contributed by atoms with E-state index in [-0.39, 0.29) is 17.1 Å². The molecule has 0 aliphatic carbocycles. The van der Waals surface area contributed by atoms with Gasteiger partial charge < -0.3 is 23.7 Å². The highest BCUT2D eigenvalue weighted by atomic mass is 28.4. The lowest BCUT2D eigenvalue weighted by molar-refractivity contribution is -0.295. The molecule has 0 saturated carbocycles. The van der Waals surface area contributed by atoms with Gasteiger partial charge >= 0.3 is 0 Å². The van der Waals surface area contributed by atoms with E-state index in [2.05, 4.69) is 78.0 Å². The van der Waals surface area contributed by atoms with Gasteiger partial charge in [0.1, 0.15) is 18.0 Å². The minimum Gasteiger partial charge on any atom is -0.489 e. The summed E-state index contributed by atoms with van der Waals surface area (Å²) in [4.78, 5) is 0. The Labute approximate surface area is 241 Å². The summed E-state index contributed by atoms with van der Waals surface area (Å²) in [5.41, 5.74) is 0.642. The summed E-state index contributed by atoms with van der Waals surface area (Å²) >= 11 is 0. The maximum Gasteiger partial charge on any atom is 0.192 e. The Balaban J connectivity index is 1.53. The van der Waals surface area contributed by atoms with E-state index in [1.807, 2.05) is 43.3 Å². The topological polar surface area (TPSA) is 57.2 Å². The van der Waals surface area contributed by atoms with Crippen molar-refractivity contribution in [3.05, 3.63) is 77.9 Å². The smallest absolute Gasteiger partial charge is 0.192 e. The standard InChI is InChI=1S/C34H48O5Si/c1-31(2,3)40(7,8)39-25-34(35,19-18-33(6)37-23-32(4,5)24-38-33)29-14-11-15-30(21-29)36-22-26-16-17-27-12-9-10-13-28(27)20-26/h9-17,20-21,35H,18-19,22-25H2,1-8H3. The van der Waals surface area contributed by atoms with Gasteiger partial charge in [-0.3, -0.25) is 0 Å². The molecule has 0 bridgehead atoms. The van der Waals surface area contributed by atoms with Crippen molar-refractivity contribution in [2.75, 3.05) is 19.8 Å². The molecule has 1 N–H and O–H groups in total. The quantitative estimate of drug-likeness (QED) is 0.252. The number of hydrogen-bond acceptors (Lipinski definition) is 5. The van der Waals surface area contributed by atoms with E-state index in [4.69, 9.17) is 18.6 Å². The van der Waals surface area contributed by atoms with Gasteiger partial charge in [-0.2, -0.15) is 0 Å². The molecule has 1 aliphatic heterocycles. The van der Waals surface area contributed by atoms with Gasteiger partial charge in [-0.05, 0) is 71.6 Å². The van der Waals surface area contributed by atoms with Crippen molar-refractivity contribution in [3.63, 3.8) is 0 Å². The van der Waals surface area contributed by atoms with Crippen molar-refractivity contribution < 1.29 is 23.7 Å². The summed E-state index contributed by atoms with van der Waals surface area (Å²) in [5, 5.41) is 14.7. The van der Waals surface area contributed by atoms with Crippen LogP contribution in [0.4, 0.5) is 0 Å². The second-order valence-corrected chi connectivity index (χ2v) is 18.8. The van der Waals surface area contributed by atoms with Crippen molar-refractivity contribution in [1.82, 2.24) is 0 Å². The first-order valence-electron chi connectivity index (χ1n) is 14.5. The second kappa shape index (κ2) is 11.6. The van der Waals surface area contributed by atoms with E-state index in [9.17, 15) is 5.11 Å². The summed E-state index contributed by atoms with van der Waals surface area (Å²) in [6.45, 7) is 19.2. The van der Waals surface area contributed by atoms with Crippen molar-refractivity contribution in [1.29, 1.82) is 0 Å². The van der Waals surface area contributed by atoms with Crippen LogP contribution in [-0.2, 0) is 26.1 Å². The Hall–Kier alpha value is -2.22. The molecule has 6 heteroatoms. The molecule has 0 amide bonds. The van der Waals surface area contributed by atoms with Crippen LogP contribution in [0.3, 0.4) is 0 Å². The monoisotopic (exact) mass is 564 g/mol. The van der Waals surface area contributed by atoms with Crippen molar-refractivity contribution >= 4 is 19.1 Å². The van der Waals surface area contributed by atoms with Crippen LogP contribution in [0.1, 0.15) is 65.5 Å². The van der Waals surface area contributed by atoms with Gasteiger partial charge in [-0.25, -0.2) is 0 Å². The van der Waals surface area contributed by atoms with E-state index in [1.165, 1.54) is 10.8 Å². The first-order chi connectivity index (χ1) is 18.6. The lowest BCUT2D eigenvalue weighted by atomic mass is 9.87. The summed E-state index contributed by atoms with van der Waals surface area (Å²) in [6.07, 6.45) is 0.981. The first kappa shape index (κ1) is 30.7. The van der Waals surface area contributed by atoms with Crippen LogP contribution in [-0.4, -0.2) is 39.0 Å². The fraction of sp³-hybridized carbons (Fsp3) is 0.529. The SMILES string of the molecule is CC1(C)COC(C)(CCC(O)(CO[Si](C)(C)C(C)(C)C)c2cccc(OCc3ccc4ccccc4c3)c2)OC1. The molecule has 40 heavy (non-hydrogen) atoms. The fourth-order valence-electron chi connectivity index (χ4n) is 4.54. The maximum atomic E-state index is 12.2. The van der Waals surface area contributed by atoms with E-state index in [0.29, 0.717) is 32.7 Å². The van der Waals surface area contributed by atoms with Crippen LogP contribution in [0.5, 0.6) is 5.75 Å². The zero-order valence-electron chi connectivity index (χ0n) is 25.7. The van der Waals surface area contributed by atoms with Gasteiger partial charge in [0.25, 0.3) is 0 Å². The predicted octanol–water partition coefficient (Wildman–Crippen LogP) is 8.20. The maximum absolute atomic E-state index is 12.2. The molecule has 1 aliphatic rings. The molecule has 1 atom stereocenters. The molecule has 4 rings (SSSR count). The zero-order valence-corrected chi connectivity index (χ0v) is 26.7. The van der Waals surface area contributed by atoms with Gasteiger partial charge in [0.15, 0.2) is 14.1 Å². The lowest BCUT2D eigenvalue weighted by Crippen LogP contribution is -2.48. The summed E-state index contributed by atoms with van der Waals surface area (Å²) in [5.74, 6) is -0.0282. The molecular weight excluding hydrogens is 516 g/mol. The molecule has 3 aromatic carbocycles. The second-order valence-electron chi connectivity index (χ2n) is 14.0. The Morgan fingerprint density at radius 1 is 0.875 bits per heavy atom. The largest absolute Gasteiger partial charge is 0.489 e. The molecule has 0 radical (unpaired) electrons. The van der Waals surface area contributed by atoms with Gasteiger partial charge in [0.05, 0.1) is 19.8 Å². The van der Waals surface area contributed by atoms with Gasteiger partial charge in [-0.1, -0.05) is 83.1 Å². The van der Waals surface area contributed by atoms with E-state index < -0.39 is 19.7 Å². The summed E-state index contributed by atoms with van der Waals surface area (Å²) in [6, 6.07) is 22.5. The van der Waals surface area contributed by atoms with Gasteiger partial charge in [0.2, 0.25) is 0 Å². The lowest BCUT2D eigenvalue weighted by Gasteiger charge is -2.43. The number of hydrogen-bond donors (Lipinski definition) is 1. The van der Waals surface area contributed by atoms with Crippen molar-refractivity contribution in [3.8, 4) is 5.75 Å². The highest BCUT2D eigenvalue weighted by molar-refractivity contribution is 6.74. The Kier molecular flexibility index (Phi) is 8.89. The molecule has 5 nitrogen and oxygen atoms in total. The van der Waals surface area contributed by atoms with E-state index >= 15 is 0 Å². The Morgan fingerprint density at radius 2 is 1.55 bits per heavy atom. The van der Waals surface area contributed by atoms with Gasteiger partial charge in [-0.15, -0.1) is 0 Å². The number of ether oxygens (including phenoxy) is 3. The molecule has 0 aromatic heterocycles. The van der Waals surface area contributed by atoms with Crippen molar-refractivity contribution in [2.45, 2.75) is 90.5 Å². The summed E-state index contributed by atoms with van der Waals surface area (Å²) < 4.78 is 25.1. The minimum atomic E-state index is -2.10. The highest BCUT2D eigenvalue weighted by Gasteiger charge is 2.43. The fourth-order valence-corrected chi connectivity index (χ4v) is 5.58. The molecule has 1 fully saturated rings. The summed E-state index contributed by atoms with van der Waals surface area (Å²) in [7, 11) is -2.10. The van der Waals surface area contributed by atoms with Crippen LogP contribution in [0, 0.1) is 5.41 Å². The molecule has 1 unspecified atom stereocenters. The molecule has 218 valence electrons. The first-order valence-corrected chi connectivity index (χ1v) is 17.4. The number of aliphatic hydroxyl groups is 1. The molecular formula is C34H48O5Si. The van der Waals surface area contributed by atoms with Crippen LogP contribution in [0.15, 0.2) is 66.7 Å². The van der Waals surface area contributed by atoms with Crippen LogP contribution in [0.2, 0.25) is 18.1 Å². The van der Waals surface area contributed by atoms with Crippen LogP contribution < -0.4 is 4.74 Å². The average molecular weight is 565 g/mol. The van der Waals surface area contributed by atoms with E-state index in [1.54, 1.807) is 0 Å². The van der Waals surface area contributed by atoms with Crippen LogP contribution in [0.25, 0.3) is 10.8 Å². The Morgan fingerprint density at radius 3 is 2.23 bits per heavy atom. The van der Waals surface area contributed by atoms with Crippen LogP contribution >= 0.6 is 0 Å². The van der Waals surface area contributed by atoms with Crippen molar-refractivity contribution in [2.24, 2.45) is 5.41 Å². The molecule has 1 heterocycles. The normalized spacial score (nSPS) is 18.8. The zero-order chi connectivity index (χ0) is 29.2. The molecule has 3 aromatic rings. The molecule has 0 spiro atoms. The molecule has 1 saturated heterocycles. The van der Waals surface area contributed by atoms with E-state index in [0.717, 1.165) is 16.9 Å². The highest BCUT2D eigenvalue weighted by Crippen LogP contribution is 2.41. The number of benzene rings is 3. The third-order valence-corrected chi connectivity index (χ3v) is 13.1. The predicted molar refractivity (Wildman–Crippen MR) is 165 cm³/mol. The third kappa shape index (κ3) is 7.54. The number of rotatable bonds is 10.